The van der Waals surface area contributed by atoms with Crippen LogP contribution in [-0.2, 0) is 0 Å². The van der Waals surface area contributed by atoms with Gasteiger partial charge in [0.05, 0.1) is 21.3 Å². The van der Waals surface area contributed by atoms with Crippen LogP contribution in [0.15, 0.2) is 6.07 Å². The van der Waals surface area contributed by atoms with Gasteiger partial charge in [0.15, 0.2) is 17.3 Å². The number of aromatic hydroxyl groups is 1. The second-order valence-corrected chi connectivity index (χ2v) is 8.66. The van der Waals surface area contributed by atoms with Crippen molar-refractivity contribution >= 4 is 5.78 Å². The molecule has 0 saturated carbocycles. The average molecular weight is 451 g/mol. The first kappa shape index (κ1) is 28.1. The minimum Gasteiger partial charge on any atom is -0.504 e. The van der Waals surface area contributed by atoms with Gasteiger partial charge in [0.25, 0.3) is 0 Å². The van der Waals surface area contributed by atoms with Gasteiger partial charge < -0.3 is 19.3 Å². The predicted molar refractivity (Wildman–Crippen MR) is 132 cm³/mol. The van der Waals surface area contributed by atoms with Gasteiger partial charge in [-0.1, -0.05) is 96.8 Å². The number of unbranched alkanes of at least 4 members (excludes halogenated alkanes) is 14. The third-order valence-electron chi connectivity index (χ3n) is 6.11. The van der Waals surface area contributed by atoms with Crippen LogP contribution in [0.4, 0.5) is 0 Å². The van der Waals surface area contributed by atoms with E-state index < -0.39 is 0 Å². The Morgan fingerprint density at radius 1 is 0.688 bits per heavy atom. The minimum absolute atomic E-state index is 0.130. The standard InChI is InChI=1S/C27H46O5/c1-5-6-7-8-9-10-11-12-13-14-15-16-17-18-19-20-22(28)25-23(30-2)21-24(31-3)27(32-4)26(25)29/h21,29H,5-20H2,1-4H3. The summed E-state index contributed by atoms with van der Waals surface area (Å²) in [5, 5.41) is 10.5. The Bertz CT molecular complexity index is 641. The van der Waals surface area contributed by atoms with E-state index >= 15 is 0 Å². The number of hydrogen-bond donors (Lipinski definition) is 1. The molecule has 0 saturated heterocycles. The van der Waals surface area contributed by atoms with E-state index in [1.54, 1.807) is 6.07 Å². The van der Waals surface area contributed by atoms with Crippen LogP contribution in [-0.4, -0.2) is 32.2 Å². The number of ketones is 1. The second kappa shape index (κ2) is 17.6. The van der Waals surface area contributed by atoms with Crippen molar-refractivity contribution in [2.75, 3.05) is 21.3 Å². The van der Waals surface area contributed by atoms with E-state index in [2.05, 4.69) is 6.92 Å². The highest BCUT2D eigenvalue weighted by molar-refractivity contribution is 6.02. The zero-order valence-electron chi connectivity index (χ0n) is 21.0. The lowest BCUT2D eigenvalue weighted by Crippen LogP contribution is -2.05. The van der Waals surface area contributed by atoms with E-state index in [9.17, 15) is 9.90 Å². The summed E-state index contributed by atoms with van der Waals surface area (Å²) in [6.07, 6.45) is 19.7. The molecule has 184 valence electrons. The van der Waals surface area contributed by atoms with Crippen molar-refractivity contribution in [2.45, 2.75) is 110 Å². The number of rotatable bonds is 20. The van der Waals surface area contributed by atoms with Gasteiger partial charge in [0, 0.05) is 12.5 Å². The van der Waals surface area contributed by atoms with Crippen molar-refractivity contribution in [1.29, 1.82) is 0 Å². The van der Waals surface area contributed by atoms with Gasteiger partial charge in [-0.2, -0.15) is 0 Å². The lowest BCUT2D eigenvalue weighted by Gasteiger charge is -2.15. The van der Waals surface area contributed by atoms with Crippen molar-refractivity contribution in [1.82, 2.24) is 0 Å². The summed E-state index contributed by atoms with van der Waals surface area (Å²) in [6.45, 7) is 2.27. The van der Waals surface area contributed by atoms with Gasteiger partial charge >= 0.3 is 0 Å². The average Bonchev–Trinajstić information content (AvgIpc) is 2.80. The number of Topliss-reactive ketones (excluding diaryl/α,β-unsaturated/α-hetero) is 1. The molecule has 0 atom stereocenters. The van der Waals surface area contributed by atoms with Crippen molar-refractivity contribution in [2.24, 2.45) is 0 Å². The van der Waals surface area contributed by atoms with E-state index in [1.165, 1.54) is 98.4 Å². The topological polar surface area (TPSA) is 65.0 Å². The number of hydrogen-bond acceptors (Lipinski definition) is 5. The number of phenols is 1. The quantitative estimate of drug-likeness (QED) is 0.162. The number of benzene rings is 1. The van der Waals surface area contributed by atoms with Crippen molar-refractivity contribution in [3.63, 3.8) is 0 Å². The van der Waals surface area contributed by atoms with E-state index in [4.69, 9.17) is 14.2 Å². The van der Waals surface area contributed by atoms with Crippen LogP contribution in [0.1, 0.15) is 120 Å². The molecule has 0 aliphatic carbocycles. The van der Waals surface area contributed by atoms with Crippen LogP contribution >= 0.6 is 0 Å². The molecule has 32 heavy (non-hydrogen) atoms. The third-order valence-corrected chi connectivity index (χ3v) is 6.11. The van der Waals surface area contributed by atoms with Crippen LogP contribution in [0, 0.1) is 0 Å². The minimum atomic E-state index is -0.213. The summed E-state index contributed by atoms with van der Waals surface area (Å²) < 4.78 is 15.7. The summed E-state index contributed by atoms with van der Waals surface area (Å²) in [5.41, 5.74) is 0.176. The maximum atomic E-state index is 12.7. The predicted octanol–water partition coefficient (Wildman–Crippen LogP) is 7.86. The molecule has 0 aromatic heterocycles. The van der Waals surface area contributed by atoms with E-state index in [0.29, 0.717) is 17.9 Å². The zero-order valence-corrected chi connectivity index (χ0v) is 21.0. The highest BCUT2D eigenvalue weighted by atomic mass is 16.5. The summed E-state index contributed by atoms with van der Waals surface area (Å²) in [6, 6.07) is 1.58. The Kier molecular flexibility index (Phi) is 15.5. The van der Waals surface area contributed by atoms with E-state index in [0.717, 1.165) is 19.3 Å². The van der Waals surface area contributed by atoms with Gasteiger partial charge in [-0.3, -0.25) is 4.79 Å². The van der Waals surface area contributed by atoms with Gasteiger partial charge in [0.1, 0.15) is 11.3 Å². The van der Waals surface area contributed by atoms with Gasteiger partial charge in [-0.05, 0) is 6.42 Å². The lowest BCUT2D eigenvalue weighted by atomic mass is 10.0. The largest absolute Gasteiger partial charge is 0.504 e. The monoisotopic (exact) mass is 450 g/mol. The third kappa shape index (κ3) is 10.1. The summed E-state index contributed by atoms with van der Waals surface area (Å²) in [4.78, 5) is 12.7. The number of methoxy groups -OCH3 is 3. The van der Waals surface area contributed by atoms with Crippen LogP contribution in [0.2, 0.25) is 0 Å². The number of carbonyl (C=O) groups is 1. The first-order chi connectivity index (χ1) is 15.6. The van der Waals surface area contributed by atoms with E-state index in [1.807, 2.05) is 0 Å². The molecule has 0 spiro atoms. The molecule has 5 nitrogen and oxygen atoms in total. The molecular formula is C27H46O5. The van der Waals surface area contributed by atoms with Gasteiger partial charge in [0.2, 0.25) is 5.75 Å². The Morgan fingerprint density at radius 3 is 1.53 bits per heavy atom. The number of carbonyl (C=O) groups excluding carboxylic acids is 1. The fraction of sp³-hybridized carbons (Fsp3) is 0.741. The van der Waals surface area contributed by atoms with Crippen LogP contribution < -0.4 is 14.2 Å². The highest BCUT2D eigenvalue weighted by Crippen LogP contribution is 2.44. The Hall–Kier alpha value is -1.91. The molecule has 0 unspecified atom stereocenters. The van der Waals surface area contributed by atoms with Gasteiger partial charge in [-0.25, -0.2) is 0 Å². The number of ether oxygens (including phenoxy) is 3. The maximum Gasteiger partial charge on any atom is 0.204 e. The SMILES string of the molecule is CCCCCCCCCCCCCCCCCC(=O)c1c(OC)cc(OC)c(OC)c1O. The molecule has 1 rings (SSSR count). The van der Waals surface area contributed by atoms with Crippen LogP contribution in [0.5, 0.6) is 23.0 Å². The Morgan fingerprint density at radius 2 is 1.12 bits per heavy atom. The molecule has 0 fully saturated rings. The first-order valence-electron chi connectivity index (χ1n) is 12.7. The number of phenolic OH excluding ortho intramolecular Hbond substituents is 1. The normalized spacial score (nSPS) is 10.9. The Labute approximate surface area is 195 Å². The fourth-order valence-electron chi connectivity index (χ4n) is 4.16. The molecular weight excluding hydrogens is 404 g/mol. The summed E-state index contributed by atoms with van der Waals surface area (Å²) >= 11 is 0. The molecule has 0 bridgehead atoms. The van der Waals surface area contributed by atoms with Gasteiger partial charge in [-0.15, -0.1) is 0 Å². The van der Waals surface area contributed by atoms with Crippen molar-refractivity contribution in [3.05, 3.63) is 11.6 Å². The Balaban J connectivity index is 2.18. The van der Waals surface area contributed by atoms with Crippen molar-refractivity contribution < 1.29 is 24.1 Å². The molecule has 1 aromatic carbocycles. The zero-order chi connectivity index (χ0) is 23.6. The summed E-state index contributed by atoms with van der Waals surface area (Å²) in [7, 11) is 4.39. The highest BCUT2D eigenvalue weighted by Gasteiger charge is 2.24. The molecule has 0 aliphatic heterocycles. The fourth-order valence-corrected chi connectivity index (χ4v) is 4.16. The van der Waals surface area contributed by atoms with Crippen molar-refractivity contribution in [3.8, 4) is 23.0 Å². The first-order valence-corrected chi connectivity index (χ1v) is 12.7. The lowest BCUT2D eigenvalue weighted by molar-refractivity contribution is 0.0972. The van der Waals surface area contributed by atoms with Crippen LogP contribution in [0.25, 0.3) is 0 Å². The smallest absolute Gasteiger partial charge is 0.204 e. The molecule has 1 N–H and O–H groups in total. The molecule has 5 heteroatoms. The molecule has 0 aliphatic rings. The van der Waals surface area contributed by atoms with E-state index in [-0.39, 0.29) is 22.8 Å². The molecule has 1 aromatic rings. The maximum absolute atomic E-state index is 12.7. The molecule has 0 amide bonds. The molecule has 0 radical (unpaired) electrons. The second-order valence-electron chi connectivity index (χ2n) is 8.66. The summed E-state index contributed by atoms with van der Waals surface area (Å²) in [5.74, 6) is 0.467. The molecule has 0 heterocycles. The van der Waals surface area contributed by atoms with Crippen LogP contribution in [0.3, 0.4) is 0 Å².